The fourth-order valence-corrected chi connectivity index (χ4v) is 9.84. The van der Waals surface area contributed by atoms with E-state index >= 15 is 0 Å². The molecule has 1 heterocycles. The Morgan fingerprint density at radius 2 is 1.88 bits per heavy atom. The number of hydrogen-bond donors (Lipinski definition) is 3. The highest BCUT2D eigenvalue weighted by atomic mass is 16.7. The van der Waals surface area contributed by atoms with Crippen LogP contribution in [0.4, 0.5) is 0 Å². The zero-order valence-electron chi connectivity index (χ0n) is 25.8. The number of fused-ring (bicyclic) bond motifs is 2. The van der Waals surface area contributed by atoms with E-state index in [9.17, 15) is 29.7 Å². The highest BCUT2D eigenvalue weighted by molar-refractivity contribution is 5.90. The summed E-state index contributed by atoms with van der Waals surface area (Å²) < 4.78 is 23.6. The molecule has 0 spiro atoms. The Labute approximate surface area is 253 Å². The summed E-state index contributed by atoms with van der Waals surface area (Å²) in [6.07, 6.45) is 4.59. The molecule has 238 valence electrons. The molecule has 1 saturated heterocycles. The molecule has 5 aliphatic rings. The summed E-state index contributed by atoms with van der Waals surface area (Å²) in [5.74, 6) is -2.50. The van der Waals surface area contributed by atoms with Crippen LogP contribution in [0.3, 0.4) is 0 Å². The van der Waals surface area contributed by atoms with Crippen molar-refractivity contribution in [1.82, 2.24) is 0 Å². The largest absolute Gasteiger partial charge is 0.481 e. The lowest BCUT2D eigenvalue weighted by molar-refractivity contribution is -0.308. The number of aliphatic carboxylic acids is 1. The van der Waals surface area contributed by atoms with Crippen LogP contribution < -0.4 is 0 Å². The number of ether oxygens (including phenoxy) is 4. The monoisotopic (exact) mass is 602 g/mol. The minimum absolute atomic E-state index is 0.0622. The second-order valence-electron chi connectivity index (χ2n) is 13.6. The summed E-state index contributed by atoms with van der Waals surface area (Å²) in [7, 11) is 1.44. The number of carboxylic acids is 1. The number of aldehydes is 1. The number of esters is 1. The summed E-state index contributed by atoms with van der Waals surface area (Å²) in [5, 5.41) is 33.5. The van der Waals surface area contributed by atoms with Gasteiger partial charge in [0, 0.05) is 18.6 Å². The predicted molar refractivity (Wildman–Crippen MR) is 154 cm³/mol. The maximum Gasteiger partial charge on any atom is 0.331 e. The molecule has 4 aliphatic carbocycles. The number of carbonyl (C=O) groups excluding carboxylic acids is 2. The molecule has 0 aromatic rings. The summed E-state index contributed by atoms with van der Waals surface area (Å²) in [6.45, 7) is 9.33. The van der Waals surface area contributed by atoms with Gasteiger partial charge >= 0.3 is 11.9 Å². The van der Waals surface area contributed by atoms with Gasteiger partial charge in [-0.1, -0.05) is 50.6 Å². The van der Waals surface area contributed by atoms with Gasteiger partial charge in [0.15, 0.2) is 12.4 Å². The summed E-state index contributed by atoms with van der Waals surface area (Å²) in [6, 6.07) is 0. The maximum atomic E-state index is 13.7. The van der Waals surface area contributed by atoms with Crippen LogP contribution in [0.5, 0.6) is 0 Å². The minimum Gasteiger partial charge on any atom is -0.481 e. The smallest absolute Gasteiger partial charge is 0.331 e. The summed E-state index contributed by atoms with van der Waals surface area (Å²) in [5.41, 5.74) is -2.97. The number of carboxylic acid groups (broad SMARTS) is 1. The lowest BCUT2D eigenvalue weighted by atomic mass is 9.43. The second-order valence-corrected chi connectivity index (χ2v) is 13.6. The van der Waals surface area contributed by atoms with Gasteiger partial charge in [-0.3, -0.25) is 4.79 Å². The van der Waals surface area contributed by atoms with Crippen molar-refractivity contribution in [2.75, 3.05) is 13.7 Å². The van der Waals surface area contributed by atoms with Crippen LogP contribution in [-0.4, -0.2) is 84.1 Å². The zero-order valence-corrected chi connectivity index (χ0v) is 25.8. The normalized spacial score (nSPS) is 46.9. The molecular weight excluding hydrogens is 556 g/mol. The van der Waals surface area contributed by atoms with Gasteiger partial charge in [-0.25, -0.2) is 4.79 Å². The third kappa shape index (κ3) is 4.35. The highest BCUT2D eigenvalue weighted by Crippen LogP contribution is 2.82. The first-order valence-corrected chi connectivity index (χ1v) is 15.4. The first kappa shape index (κ1) is 32.0. The van der Waals surface area contributed by atoms with E-state index in [2.05, 4.69) is 6.08 Å². The minimum atomic E-state index is -1.52. The van der Waals surface area contributed by atoms with Crippen LogP contribution in [0.15, 0.2) is 36.0 Å². The van der Waals surface area contributed by atoms with E-state index in [0.717, 1.165) is 11.9 Å². The fourth-order valence-electron chi connectivity index (χ4n) is 9.84. The Balaban J connectivity index is 1.50. The Kier molecular flexibility index (Phi) is 8.59. The fraction of sp³-hybridized carbons (Fsp3) is 0.727. The number of aliphatic hydroxyl groups is 2. The molecule has 5 rings (SSSR count). The number of carbonyl (C=O) groups is 3. The summed E-state index contributed by atoms with van der Waals surface area (Å²) in [4.78, 5) is 39.5. The van der Waals surface area contributed by atoms with Gasteiger partial charge in [0.1, 0.15) is 23.9 Å². The van der Waals surface area contributed by atoms with Gasteiger partial charge in [-0.2, -0.15) is 0 Å². The first-order chi connectivity index (χ1) is 20.4. The van der Waals surface area contributed by atoms with Crippen molar-refractivity contribution in [3.63, 3.8) is 0 Å². The van der Waals surface area contributed by atoms with Gasteiger partial charge < -0.3 is 39.1 Å². The Morgan fingerprint density at radius 3 is 2.49 bits per heavy atom. The molecule has 0 amide bonds. The van der Waals surface area contributed by atoms with Gasteiger partial charge in [0.05, 0.1) is 24.2 Å². The molecule has 1 aliphatic heterocycles. The van der Waals surface area contributed by atoms with Gasteiger partial charge in [-0.15, -0.1) is 0 Å². The number of rotatable bonds is 10. The van der Waals surface area contributed by atoms with Crippen molar-refractivity contribution in [3.05, 3.63) is 36.0 Å². The van der Waals surface area contributed by atoms with Gasteiger partial charge in [0.2, 0.25) is 0 Å². The third-order valence-electron chi connectivity index (χ3n) is 11.6. The average molecular weight is 603 g/mol. The van der Waals surface area contributed by atoms with Crippen molar-refractivity contribution >= 4 is 18.2 Å². The van der Waals surface area contributed by atoms with Crippen molar-refractivity contribution in [3.8, 4) is 0 Å². The van der Waals surface area contributed by atoms with Crippen molar-refractivity contribution in [2.45, 2.75) is 90.7 Å². The Bertz CT molecular complexity index is 1210. The van der Waals surface area contributed by atoms with Gasteiger partial charge in [0.25, 0.3) is 0 Å². The molecule has 13 atom stereocenters. The average Bonchev–Trinajstić information content (AvgIpc) is 3.48. The summed E-state index contributed by atoms with van der Waals surface area (Å²) >= 11 is 0. The van der Waals surface area contributed by atoms with Crippen LogP contribution in [0.25, 0.3) is 0 Å². The van der Waals surface area contributed by atoms with Crippen molar-refractivity contribution in [2.24, 2.45) is 45.8 Å². The molecule has 10 nitrogen and oxygen atoms in total. The molecule has 3 saturated carbocycles. The molecule has 0 radical (unpaired) electrons. The molecule has 4 fully saturated rings. The van der Waals surface area contributed by atoms with E-state index in [1.165, 1.54) is 19.3 Å². The Hall–Kier alpha value is -2.37. The van der Waals surface area contributed by atoms with E-state index in [4.69, 9.17) is 18.9 Å². The molecular formula is C33H46O10. The van der Waals surface area contributed by atoms with E-state index in [-0.39, 0.29) is 36.2 Å². The Morgan fingerprint density at radius 1 is 1.16 bits per heavy atom. The van der Waals surface area contributed by atoms with Gasteiger partial charge in [-0.05, 0) is 62.7 Å². The van der Waals surface area contributed by atoms with E-state index in [1.807, 2.05) is 27.7 Å². The van der Waals surface area contributed by atoms with Crippen LogP contribution in [0.2, 0.25) is 0 Å². The topological polar surface area (TPSA) is 149 Å². The van der Waals surface area contributed by atoms with E-state index in [0.29, 0.717) is 19.3 Å². The molecule has 0 unspecified atom stereocenters. The number of hydrogen-bond acceptors (Lipinski definition) is 9. The number of methoxy groups -OCH3 is 1. The molecule has 10 heteroatoms. The standard InChI is InChI=1S/C33H46O10/c1-7-8-9-10-25(36)43-28-26(37)29(42-19(5)27(28)40-6)41-16-32-14-21-18(4)24(35)12-23(21)31(15-34)13-20(32)11-22(17(2)3)33(31,32)30(38)39/h7-11,15,17-21,23-24,26-29,35,37H,12-14,16H2,1-6H3,(H,38,39)/b8-7+,10-9-/t18-,19+,20-,21-,23+,24-,26-,27-,28+,29-,31-,32-,33-/m0/s1. The van der Waals surface area contributed by atoms with Crippen molar-refractivity contribution in [1.29, 1.82) is 0 Å². The van der Waals surface area contributed by atoms with Crippen LogP contribution >= 0.6 is 0 Å². The van der Waals surface area contributed by atoms with Crippen LogP contribution in [0.1, 0.15) is 53.9 Å². The molecule has 3 N–H and O–H groups in total. The molecule has 0 aromatic heterocycles. The SMILES string of the molecule is C/C=C/C=C\C(=O)O[C@@H]1[C@H](O)[C@@H](OC[C@@]23C[C@H]4[C@H](C)[C@@H](O)C[C@H]4[C@@]4(C=O)C[C@@H]2C=C(C(C)C)[C@@]34C(=O)O)O[C@H](C)[C@@H]1OC. The molecule has 43 heavy (non-hydrogen) atoms. The number of aliphatic hydroxyl groups excluding tert-OH is 2. The highest BCUT2D eigenvalue weighted by Gasteiger charge is 2.84. The molecule has 4 bridgehead atoms. The lowest BCUT2D eigenvalue weighted by Crippen LogP contribution is -2.64. The first-order valence-electron chi connectivity index (χ1n) is 15.4. The third-order valence-corrected chi connectivity index (χ3v) is 11.6. The van der Waals surface area contributed by atoms with Crippen LogP contribution in [-0.2, 0) is 33.3 Å². The van der Waals surface area contributed by atoms with E-state index in [1.54, 1.807) is 19.1 Å². The lowest BCUT2D eigenvalue weighted by Gasteiger charge is -2.58. The predicted octanol–water partition coefficient (Wildman–Crippen LogP) is 3.06. The van der Waals surface area contributed by atoms with Crippen LogP contribution in [0, 0.1) is 45.8 Å². The molecule has 0 aromatic carbocycles. The number of allylic oxidation sites excluding steroid dienone is 4. The quantitative estimate of drug-likeness (QED) is 0.112. The van der Waals surface area contributed by atoms with E-state index < -0.39 is 65.0 Å². The van der Waals surface area contributed by atoms with Crippen molar-refractivity contribution < 1.29 is 48.7 Å². The maximum absolute atomic E-state index is 13.7. The second kappa shape index (κ2) is 11.5. The zero-order chi connectivity index (χ0) is 31.5.